The third kappa shape index (κ3) is 4.72. The fourth-order valence-corrected chi connectivity index (χ4v) is 6.29. The summed E-state index contributed by atoms with van der Waals surface area (Å²) in [6.07, 6.45) is 4.69. The average molecular weight is 625 g/mol. The molecule has 1 N–H and O–H groups in total. The van der Waals surface area contributed by atoms with E-state index in [1.54, 1.807) is 15.6 Å². The Kier molecular flexibility index (Phi) is 7.16. The summed E-state index contributed by atoms with van der Waals surface area (Å²) in [7, 11) is 1.84. The third-order valence-electron chi connectivity index (χ3n) is 8.36. The average Bonchev–Trinajstić information content (AvgIpc) is 3.78. The van der Waals surface area contributed by atoms with Gasteiger partial charge in [-0.1, -0.05) is 18.7 Å². The number of fused-ring (bicyclic) bond motifs is 3. The van der Waals surface area contributed by atoms with Gasteiger partial charge >= 0.3 is 0 Å². The minimum absolute atomic E-state index is 0.0500. The van der Waals surface area contributed by atoms with Crippen LogP contribution >= 0.6 is 0 Å². The van der Waals surface area contributed by atoms with E-state index in [0.717, 1.165) is 28.7 Å². The number of carbonyl (C=O) groups excluding carboxylic acids is 1. The second-order valence-electron chi connectivity index (χ2n) is 11.4. The number of aryl methyl sites for hydroxylation is 1. The number of rotatable bonds is 7. The van der Waals surface area contributed by atoms with Crippen LogP contribution in [0.3, 0.4) is 0 Å². The molecule has 7 rings (SSSR count). The Morgan fingerprint density at radius 2 is 1.96 bits per heavy atom. The van der Waals surface area contributed by atoms with Gasteiger partial charge in [-0.25, -0.2) is 13.8 Å². The highest BCUT2D eigenvalue weighted by Gasteiger charge is 2.34. The molecule has 10 nitrogen and oxygen atoms in total. The highest BCUT2D eigenvalue weighted by atomic mass is 19.1. The first kappa shape index (κ1) is 29.4. The highest BCUT2D eigenvalue weighted by molar-refractivity contribution is 6.07. The van der Waals surface area contributed by atoms with Crippen molar-refractivity contribution in [1.29, 1.82) is 0 Å². The first-order valence-corrected chi connectivity index (χ1v) is 14.8. The molecule has 5 heterocycles. The summed E-state index contributed by atoms with van der Waals surface area (Å²) in [5.74, 6) is -2.01. The molecule has 12 heteroatoms. The number of pyridine rings is 1. The smallest absolute Gasteiger partial charge is 0.246 e. The van der Waals surface area contributed by atoms with Gasteiger partial charge in [0, 0.05) is 53.8 Å². The predicted octanol–water partition coefficient (Wildman–Crippen LogP) is 6.21. The van der Waals surface area contributed by atoms with Crippen LogP contribution in [0, 0.1) is 11.6 Å². The number of ether oxygens (including phenoxy) is 1. The lowest BCUT2D eigenvalue weighted by Gasteiger charge is -2.36. The molecule has 6 aromatic rings. The molecule has 0 aliphatic carbocycles. The SMILES string of the molecule is C=CC(=O)N1CC(C)n2nc(-c3nc(-c4ccc5cn(C)nc5c4)c4occc4c3-c3c(F)cc(F)cc3OCCO)cc2C1C. The summed E-state index contributed by atoms with van der Waals surface area (Å²) in [4.78, 5) is 19.5. The van der Waals surface area contributed by atoms with E-state index in [0.29, 0.717) is 40.2 Å². The van der Waals surface area contributed by atoms with Crippen molar-refractivity contribution < 1.29 is 27.8 Å². The molecule has 0 saturated heterocycles. The summed E-state index contributed by atoms with van der Waals surface area (Å²) in [5, 5.41) is 20.4. The summed E-state index contributed by atoms with van der Waals surface area (Å²) < 4.78 is 45.7. The number of furan rings is 1. The van der Waals surface area contributed by atoms with Crippen molar-refractivity contribution in [2.75, 3.05) is 19.8 Å². The van der Waals surface area contributed by atoms with Gasteiger partial charge in [0.1, 0.15) is 41.1 Å². The number of amides is 1. The first-order chi connectivity index (χ1) is 22.2. The number of hydrogen-bond donors (Lipinski definition) is 1. The van der Waals surface area contributed by atoms with Crippen LogP contribution in [0.25, 0.3) is 55.6 Å². The molecule has 1 amide bonds. The number of halogens is 2. The van der Waals surface area contributed by atoms with E-state index in [9.17, 15) is 14.3 Å². The van der Waals surface area contributed by atoms with Gasteiger partial charge in [-0.2, -0.15) is 10.2 Å². The Balaban J connectivity index is 1.53. The lowest BCUT2D eigenvalue weighted by atomic mass is 9.94. The number of carbonyl (C=O) groups is 1. The van der Waals surface area contributed by atoms with Crippen molar-refractivity contribution in [1.82, 2.24) is 29.4 Å². The van der Waals surface area contributed by atoms with E-state index in [1.165, 1.54) is 12.3 Å². The van der Waals surface area contributed by atoms with Crippen molar-refractivity contribution in [3.05, 3.63) is 84.9 Å². The maximum absolute atomic E-state index is 16.0. The van der Waals surface area contributed by atoms with Gasteiger partial charge in [0.15, 0.2) is 5.58 Å². The van der Waals surface area contributed by atoms with Crippen LogP contribution in [-0.2, 0) is 11.8 Å². The maximum Gasteiger partial charge on any atom is 0.246 e. The Morgan fingerprint density at radius 1 is 1.13 bits per heavy atom. The molecule has 234 valence electrons. The van der Waals surface area contributed by atoms with Gasteiger partial charge in [-0.05, 0) is 38.1 Å². The van der Waals surface area contributed by atoms with Crippen LogP contribution in [0.15, 0.2) is 72.0 Å². The molecule has 0 spiro atoms. The number of aliphatic hydroxyl groups excluding tert-OH is 1. The fourth-order valence-electron chi connectivity index (χ4n) is 6.29. The third-order valence-corrected chi connectivity index (χ3v) is 8.36. The molecule has 0 fully saturated rings. The number of nitrogens with zero attached hydrogens (tertiary/aromatic N) is 6. The molecule has 0 saturated carbocycles. The predicted molar refractivity (Wildman–Crippen MR) is 168 cm³/mol. The van der Waals surface area contributed by atoms with Crippen molar-refractivity contribution in [2.24, 2.45) is 7.05 Å². The van der Waals surface area contributed by atoms with Gasteiger partial charge in [0.2, 0.25) is 5.91 Å². The van der Waals surface area contributed by atoms with E-state index in [4.69, 9.17) is 19.2 Å². The maximum atomic E-state index is 16.0. The van der Waals surface area contributed by atoms with E-state index in [2.05, 4.69) is 11.7 Å². The van der Waals surface area contributed by atoms with Crippen LogP contribution in [0.2, 0.25) is 0 Å². The second-order valence-corrected chi connectivity index (χ2v) is 11.4. The Morgan fingerprint density at radius 3 is 2.74 bits per heavy atom. The molecular weight excluding hydrogens is 594 g/mol. The monoisotopic (exact) mass is 624 g/mol. The van der Waals surface area contributed by atoms with Crippen LogP contribution in [-0.4, -0.2) is 60.2 Å². The van der Waals surface area contributed by atoms with Gasteiger partial charge in [0.05, 0.1) is 41.7 Å². The quantitative estimate of drug-likeness (QED) is 0.210. The van der Waals surface area contributed by atoms with Gasteiger partial charge in [0.25, 0.3) is 0 Å². The molecule has 2 aromatic carbocycles. The number of aromatic nitrogens is 5. The van der Waals surface area contributed by atoms with Gasteiger partial charge in [-0.15, -0.1) is 0 Å². The zero-order chi connectivity index (χ0) is 32.3. The van der Waals surface area contributed by atoms with E-state index < -0.39 is 11.6 Å². The van der Waals surface area contributed by atoms with E-state index in [1.807, 2.05) is 56.0 Å². The molecule has 1 aliphatic heterocycles. The van der Waals surface area contributed by atoms with Crippen molar-refractivity contribution in [3.63, 3.8) is 0 Å². The number of hydrogen-bond acceptors (Lipinski definition) is 7. The summed E-state index contributed by atoms with van der Waals surface area (Å²) >= 11 is 0. The summed E-state index contributed by atoms with van der Waals surface area (Å²) in [5.41, 5.74) is 4.02. The highest BCUT2D eigenvalue weighted by Crippen LogP contribution is 2.46. The molecule has 0 radical (unpaired) electrons. The number of aliphatic hydroxyl groups is 1. The Bertz CT molecular complexity index is 2170. The lowest BCUT2D eigenvalue weighted by Crippen LogP contribution is -2.42. The molecular formula is C34H30F2N6O4. The molecule has 46 heavy (non-hydrogen) atoms. The first-order valence-electron chi connectivity index (χ1n) is 14.8. The topological polar surface area (TPSA) is 111 Å². The van der Waals surface area contributed by atoms with Gasteiger partial charge in [-0.3, -0.25) is 14.2 Å². The van der Waals surface area contributed by atoms with Crippen molar-refractivity contribution in [2.45, 2.75) is 25.9 Å². The number of benzene rings is 2. The van der Waals surface area contributed by atoms with Gasteiger partial charge < -0.3 is 19.2 Å². The zero-order valence-electron chi connectivity index (χ0n) is 25.4. The summed E-state index contributed by atoms with van der Waals surface area (Å²) in [6.45, 7) is 7.39. The van der Waals surface area contributed by atoms with Crippen LogP contribution < -0.4 is 4.74 Å². The standard InChI is InChI=1S/C34H30F2N6O4/c1-5-29(44)41-16-18(2)42-27(19(41)3)15-26(39-42)33-30(31-24(36)13-22(35)14-28(31)45-11-9-43)23-8-10-46-34(23)32(37-33)20-6-7-21-17-40(4)38-25(21)12-20/h5-8,10,12-15,17-19,43H,1,9,11,16H2,2-4H3. The largest absolute Gasteiger partial charge is 0.490 e. The van der Waals surface area contributed by atoms with Crippen molar-refractivity contribution >= 4 is 27.8 Å². The zero-order valence-corrected chi connectivity index (χ0v) is 25.4. The van der Waals surface area contributed by atoms with E-state index in [-0.39, 0.29) is 48.1 Å². The lowest BCUT2D eigenvalue weighted by molar-refractivity contribution is -0.129. The Labute approximate surface area is 262 Å². The van der Waals surface area contributed by atoms with E-state index >= 15 is 4.39 Å². The summed E-state index contributed by atoms with van der Waals surface area (Å²) in [6, 6.07) is 10.6. The van der Waals surface area contributed by atoms with Crippen molar-refractivity contribution in [3.8, 4) is 39.5 Å². The molecule has 1 aliphatic rings. The minimum Gasteiger partial charge on any atom is -0.490 e. The van der Waals surface area contributed by atoms with Crippen LogP contribution in [0.4, 0.5) is 8.78 Å². The molecule has 0 bridgehead atoms. The molecule has 4 aromatic heterocycles. The van der Waals surface area contributed by atoms with Crippen LogP contribution in [0.5, 0.6) is 5.75 Å². The minimum atomic E-state index is -0.880. The molecule has 2 unspecified atom stereocenters. The fraction of sp³-hybridized carbons (Fsp3) is 0.235. The Hall–Kier alpha value is -5.36. The molecule has 2 atom stereocenters. The normalized spacial score (nSPS) is 16.3. The second kappa shape index (κ2) is 11.2. The van der Waals surface area contributed by atoms with Crippen LogP contribution in [0.1, 0.15) is 31.6 Å².